The summed E-state index contributed by atoms with van der Waals surface area (Å²) in [6.45, 7) is 0. The minimum Gasteiger partial charge on any atom is -0.497 e. The number of nitrogens with zero attached hydrogens (tertiary/aromatic N) is 1. The maximum atomic E-state index is 5.60. The predicted octanol–water partition coefficient (Wildman–Crippen LogP) is 3.23. The molecule has 2 rings (SSSR count). The van der Waals surface area contributed by atoms with Crippen molar-refractivity contribution >= 4 is 21.7 Å². The van der Waals surface area contributed by atoms with Crippen molar-refractivity contribution in [3.63, 3.8) is 0 Å². The first kappa shape index (κ1) is 11.7. The van der Waals surface area contributed by atoms with Gasteiger partial charge in [-0.2, -0.15) is 4.98 Å². The van der Waals surface area contributed by atoms with E-state index in [1.807, 2.05) is 12.1 Å². The molecule has 0 spiro atoms. The van der Waals surface area contributed by atoms with Crippen molar-refractivity contribution < 1.29 is 9.47 Å². The number of halogens is 1. The molecule has 0 radical (unpaired) electrons. The molecule has 17 heavy (non-hydrogen) atoms. The molecule has 0 atom stereocenters. The summed E-state index contributed by atoms with van der Waals surface area (Å²) in [5, 5.41) is 0. The third-order valence-corrected chi connectivity index (χ3v) is 2.72. The number of methoxy groups -OCH3 is 1. The van der Waals surface area contributed by atoms with Crippen LogP contribution in [0.15, 0.2) is 40.9 Å². The van der Waals surface area contributed by atoms with E-state index in [9.17, 15) is 0 Å². The van der Waals surface area contributed by atoms with E-state index in [0.29, 0.717) is 17.4 Å². The number of rotatable bonds is 3. The average molecular weight is 295 g/mol. The zero-order valence-electron chi connectivity index (χ0n) is 9.18. The monoisotopic (exact) mass is 294 g/mol. The third kappa shape index (κ3) is 2.88. The van der Waals surface area contributed by atoms with E-state index in [2.05, 4.69) is 20.9 Å². The second-order valence-corrected chi connectivity index (χ2v) is 4.15. The van der Waals surface area contributed by atoms with Gasteiger partial charge < -0.3 is 15.2 Å². The van der Waals surface area contributed by atoms with E-state index in [0.717, 1.165) is 10.2 Å². The van der Waals surface area contributed by atoms with Gasteiger partial charge in [-0.05, 0) is 40.2 Å². The maximum absolute atomic E-state index is 5.60. The van der Waals surface area contributed by atoms with Gasteiger partial charge >= 0.3 is 0 Å². The number of hydrogen-bond donors (Lipinski definition) is 1. The fraction of sp³-hybridized carbons (Fsp3) is 0.0833. The Morgan fingerprint density at radius 3 is 2.71 bits per heavy atom. The number of ether oxygens (including phenoxy) is 2. The summed E-state index contributed by atoms with van der Waals surface area (Å²) in [5.74, 6) is 2.29. The molecule has 4 nitrogen and oxygen atoms in total. The molecule has 1 aromatic carbocycles. The Bertz CT molecular complexity index is 532. The van der Waals surface area contributed by atoms with E-state index in [4.69, 9.17) is 15.2 Å². The van der Waals surface area contributed by atoms with Crippen LogP contribution in [0.25, 0.3) is 0 Å². The molecule has 0 bridgehead atoms. The first-order valence-electron chi connectivity index (χ1n) is 4.93. The second kappa shape index (κ2) is 5.05. The molecule has 0 fully saturated rings. The molecule has 0 aliphatic rings. The number of nitrogen functional groups attached to an aromatic ring is 1. The fourth-order valence-corrected chi connectivity index (χ4v) is 1.73. The largest absolute Gasteiger partial charge is 0.497 e. The first-order chi connectivity index (χ1) is 8.19. The number of nitrogens with two attached hydrogens (primary N) is 1. The standard InChI is InChI=1S/C12H11BrN2O2/c1-16-8-5-6-10(9(13)7-8)17-12-4-2-3-11(14)15-12/h2-7H,1H3,(H2,14,15). The van der Waals surface area contributed by atoms with Gasteiger partial charge in [-0.15, -0.1) is 0 Å². The highest BCUT2D eigenvalue weighted by atomic mass is 79.9. The molecule has 2 aromatic rings. The van der Waals surface area contributed by atoms with Gasteiger partial charge in [0.1, 0.15) is 17.3 Å². The molecular formula is C12H11BrN2O2. The van der Waals surface area contributed by atoms with E-state index in [1.54, 1.807) is 31.4 Å². The van der Waals surface area contributed by atoms with Crippen molar-refractivity contribution in [2.24, 2.45) is 0 Å². The van der Waals surface area contributed by atoms with Crippen molar-refractivity contribution in [2.75, 3.05) is 12.8 Å². The number of hydrogen-bond acceptors (Lipinski definition) is 4. The summed E-state index contributed by atoms with van der Waals surface area (Å²) in [6.07, 6.45) is 0. The van der Waals surface area contributed by atoms with Crippen LogP contribution in [0.1, 0.15) is 0 Å². The van der Waals surface area contributed by atoms with Crippen molar-refractivity contribution in [1.82, 2.24) is 4.98 Å². The van der Waals surface area contributed by atoms with Crippen LogP contribution in [0, 0.1) is 0 Å². The highest BCUT2D eigenvalue weighted by Crippen LogP contribution is 2.32. The first-order valence-corrected chi connectivity index (χ1v) is 5.72. The van der Waals surface area contributed by atoms with Gasteiger partial charge in [0.25, 0.3) is 0 Å². The van der Waals surface area contributed by atoms with Gasteiger partial charge in [0, 0.05) is 6.07 Å². The van der Waals surface area contributed by atoms with Crippen LogP contribution >= 0.6 is 15.9 Å². The van der Waals surface area contributed by atoms with E-state index < -0.39 is 0 Å². The molecule has 0 amide bonds. The normalized spacial score (nSPS) is 10.0. The van der Waals surface area contributed by atoms with Crippen molar-refractivity contribution in [2.45, 2.75) is 0 Å². The summed E-state index contributed by atoms with van der Waals surface area (Å²) in [5.41, 5.74) is 5.57. The van der Waals surface area contributed by atoms with Crippen LogP contribution in [0.2, 0.25) is 0 Å². The Balaban J connectivity index is 2.24. The zero-order chi connectivity index (χ0) is 12.3. The molecule has 0 saturated carbocycles. The van der Waals surface area contributed by atoms with Gasteiger partial charge in [0.2, 0.25) is 5.88 Å². The Labute approximate surface area is 108 Å². The van der Waals surface area contributed by atoms with Crippen molar-refractivity contribution in [3.05, 3.63) is 40.9 Å². The van der Waals surface area contributed by atoms with Crippen LogP contribution in [0.5, 0.6) is 17.4 Å². The molecule has 1 aromatic heterocycles. The van der Waals surface area contributed by atoms with E-state index >= 15 is 0 Å². The minimum atomic E-state index is 0.423. The maximum Gasteiger partial charge on any atom is 0.221 e. The summed E-state index contributed by atoms with van der Waals surface area (Å²) in [7, 11) is 1.61. The number of benzene rings is 1. The smallest absolute Gasteiger partial charge is 0.221 e. The average Bonchev–Trinajstić information content (AvgIpc) is 2.32. The van der Waals surface area contributed by atoms with E-state index in [-0.39, 0.29) is 0 Å². The molecule has 5 heteroatoms. The highest BCUT2D eigenvalue weighted by molar-refractivity contribution is 9.10. The topological polar surface area (TPSA) is 57.4 Å². The zero-order valence-corrected chi connectivity index (χ0v) is 10.8. The lowest BCUT2D eigenvalue weighted by molar-refractivity contribution is 0.411. The van der Waals surface area contributed by atoms with Crippen LogP contribution in [0.3, 0.4) is 0 Å². The molecular weight excluding hydrogens is 284 g/mol. The predicted molar refractivity (Wildman–Crippen MR) is 69.4 cm³/mol. The molecule has 0 aliphatic heterocycles. The summed E-state index contributed by atoms with van der Waals surface area (Å²) >= 11 is 3.40. The van der Waals surface area contributed by atoms with Crippen LogP contribution in [-0.2, 0) is 0 Å². The highest BCUT2D eigenvalue weighted by Gasteiger charge is 2.05. The number of anilines is 1. The Kier molecular flexibility index (Phi) is 3.49. The lowest BCUT2D eigenvalue weighted by atomic mass is 10.3. The van der Waals surface area contributed by atoms with Crippen LogP contribution in [-0.4, -0.2) is 12.1 Å². The van der Waals surface area contributed by atoms with Gasteiger partial charge in [-0.25, -0.2) is 0 Å². The van der Waals surface area contributed by atoms with Gasteiger partial charge in [-0.1, -0.05) is 6.07 Å². The Hall–Kier alpha value is -1.75. The van der Waals surface area contributed by atoms with Crippen LogP contribution < -0.4 is 15.2 Å². The summed E-state index contributed by atoms with van der Waals surface area (Å²) < 4.78 is 11.5. The van der Waals surface area contributed by atoms with Crippen LogP contribution in [0.4, 0.5) is 5.82 Å². The number of pyridine rings is 1. The summed E-state index contributed by atoms with van der Waals surface area (Å²) in [4.78, 5) is 4.06. The lowest BCUT2D eigenvalue weighted by Crippen LogP contribution is -1.93. The quantitative estimate of drug-likeness (QED) is 0.944. The van der Waals surface area contributed by atoms with Gasteiger partial charge in [-0.3, -0.25) is 0 Å². The molecule has 1 heterocycles. The third-order valence-electron chi connectivity index (χ3n) is 2.10. The fourth-order valence-electron chi connectivity index (χ4n) is 1.29. The number of aromatic nitrogens is 1. The molecule has 2 N–H and O–H groups in total. The molecule has 88 valence electrons. The SMILES string of the molecule is COc1ccc(Oc2cccc(N)n2)c(Br)c1. The molecule has 0 unspecified atom stereocenters. The Morgan fingerprint density at radius 1 is 1.24 bits per heavy atom. The van der Waals surface area contributed by atoms with Gasteiger partial charge in [0.15, 0.2) is 0 Å². The summed E-state index contributed by atoms with van der Waals surface area (Å²) in [6, 6.07) is 10.7. The Morgan fingerprint density at radius 2 is 2.06 bits per heavy atom. The lowest BCUT2D eigenvalue weighted by Gasteiger charge is -2.08. The molecule has 0 saturated heterocycles. The van der Waals surface area contributed by atoms with Gasteiger partial charge in [0.05, 0.1) is 11.6 Å². The second-order valence-electron chi connectivity index (χ2n) is 3.30. The minimum absolute atomic E-state index is 0.423. The van der Waals surface area contributed by atoms with E-state index in [1.165, 1.54) is 0 Å². The molecule has 0 aliphatic carbocycles. The van der Waals surface area contributed by atoms with Crippen molar-refractivity contribution in [1.29, 1.82) is 0 Å². The van der Waals surface area contributed by atoms with Crippen molar-refractivity contribution in [3.8, 4) is 17.4 Å².